The Hall–Kier alpha value is -3.08. The highest BCUT2D eigenvalue weighted by atomic mass is 19.4. The number of hydrogen-bond donors (Lipinski definition) is 0. The van der Waals surface area contributed by atoms with Crippen molar-refractivity contribution in [2.75, 3.05) is 26.7 Å². The maximum absolute atomic E-state index is 13.6. The van der Waals surface area contributed by atoms with Gasteiger partial charge in [-0.3, -0.25) is 0 Å². The fourth-order valence-corrected chi connectivity index (χ4v) is 4.61. The standard InChI is InChI=1S/C28H26BF3N2O/c1-34-12-10-27(11-13-34,24-6-8-26(29)9-7-24)19-35-18-21-14-23(16-25(15-21)28(30,31)32)22-4-2-20(17-33)3-5-22/h2-9,14-16H,10-13,18-19H2,1H3. The summed E-state index contributed by atoms with van der Waals surface area (Å²) in [4.78, 5) is 2.27. The van der Waals surface area contributed by atoms with Crippen molar-refractivity contribution in [3.05, 3.63) is 89.0 Å². The number of nitrogens with zero attached hydrogens (tertiary/aromatic N) is 2. The molecule has 35 heavy (non-hydrogen) atoms. The van der Waals surface area contributed by atoms with Gasteiger partial charge in [-0.2, -0.15) is 18.4 Å². The lowest BCUT2D eigenvalue weighted by atomic mass is 9.73. The Labute approximate surface area is 205 Å². The molecule has 4 rings (SSSR count). The van der Waals surface area contributed by atoms with Gasteiger partial charge >= 0.3 is 6.18 Å². The second-order valence-electron chi connectivity index (χ2n) is 9.30. The van der Waals surface area contributed by atoms with E-state index in [1.165, 1.54) is 0 Å². The number of alkyl halides is 3. The van der Waals surface area contributed by atoms with Crippen molar-refractivity contribution in [2.24, 2.45) is 0 Å². The van der Waals surface area contributed by atoms with E-state index in [-0.39, 0.29) is 12.0 Å². The van der Waals surface area contributed by atoms with Gasteiger partial charge in [0.25, 0.3) is 0 Å². The molecule has 178 valence electrons. The van der Waals surface area contributed by atoms with Crippen LogP contribution < -0.4 is 5.46 Å². The number of piperidine rings is 1. The summed E-state index contributed by atoms with van der Waals surface area (Å²) in [5, 5.41) is 9.01. The third-order valence-electron chi connectivity index (χ3n) is 6.78. The largest absolute Gasteiger partial charge is 0.416 e. The Morgan fingerprint density at radius 3 is 2.23 bits per heavy atom. The molecule has 0 atom stereocenters. The Balaban J connectivity index is 1.57. The van der Waals surface area contributed by atoms with Gasteiger partial charge in [0.2, 0.25) is 0 Å². The molecule has 0 bridgehead atoms. The highest BCUT2D eigenvalue weighted by molar-refractivity contribution is 6.32. The number of ether oxygens (including phenoxy) is 1. The van der Waals surface area contributed by atoms with Gasteiger partial charge in [-0.1, -0.05) is 41.9 Å². The fourth-order valence-electron chi connectivity index (χ4n) is 4.61. The Morgan fingerprint density at radius 2 is 1.63 bits per heavy atom. The predicted molar refractivity (Wildman–Crippen MR) is 131 cm³/mol. The van der Waals surface area contributed by atoms with Crippen LogP contribution in [-0.2, 0) is 22.9 Å². The first-order chi connectivity index (χ1) is 16.7. The molecule has 1 saturated heterocycles. The molecule has 0 saturated carbocycles. The molecule has 3 aromatic rings. The Kier molecular flexibility index (Phi) is 7.35. The van der Waals surface area contributed by atoms with Crippen molar-refractivity contribution in [1.29, 1.82) is 5.26 Å². The molecular formula is C28H26BF3N2O. The van der Waals surface area contributed by atoms with Gasteiger partial charge in [-0.15, -0.1) is 0 Å². The van der Waals surface area contributed by atoms with E-state index in [1.54, 1.807) is 30.3 Å². The molecule has 7 heteroatoms. The van der Waals surface area contributed by atoms with Crippen LogP contribution in [0, 0.1) is 11.3 Å². The number of hydrogen-bond acceptors (Lipinski definition) is 3. The van der Waals surface area contributed by atoms with Gasteiger partial charge in [0.05, 0.1) is 30.4 Å². The Bertz CT molecular complexity index is 1190. The molecule has 1 fully saturated rings. The third kappa shape index (κ3) is 5.95. The van der Waals surface area contributed by atoms with Crippen molar-refractivity contribution < 1.29 is 17.9 Å². The first-order valence-electron chi connectivity index (χ1n) is 11.5. The van der Waals surface area contributed by atoms with Gasteiger partial charge in [0.1, 0.15) is 7.85 Å². The van der Waals surface area contributed by atoms with E-state index in [1.807, 2.05) is 30.3 Å². The number of benzene rings is 3. The molecule has 2 radical (unpaired) electrons. The van der Waals surface area contributed by atoms with Gasteiger partial charge < -0.3 is 9.64 Å². The van der Waals surface area contributed by atoms with Gasteiger partial charge in [0, 0.05) is 5.41 Å². The lowest BCUT2D eigenvalue weighted by Gasteiger charge is -2.41. The van der Waals surface area contributed by atoms with E-state index >= 15 is 0 Å². The van der Waals surface area contributed by atoms with Crippen LogP contribution in [0.4, 0.5) is 13.2 Å². The SMILES string of the molecule is [B]c1ccc(C2(COCc3cc(-c4ccc(C#N)cc4)cc(C(F)(F)F)c3)CCN(C)CC2)cc1. The number of nitriles is 1. The van der Waals surface area contributed by atoms with Crippen LogP contribution in [0.15, 0.2) is 66.7 Å². The molecule has 0 amide bonds. The highest BCUT2D eigenvalue weighted by Crippen LogP contribution is 2.37. The molecule has 0 aliphatic carbocycles. The van der Waals surface area contributed by atoms with Gasteiger partial charge in [-0.05, 0) is 85.6 Å². The quantitative estimate of drug-likeness (QED) is 0.460. The lowest BCUT2D eigenvalue weighted by Crippen LogP contribution is -2.44. The first kappa shape index (κ1) is 25.0. The van der Waals surface area contributed by atoms with E-state index in [4.69, 9.17) is 17.8 Å². The first-order valence-corrected chi connectivity index (χ1v) is 11.5. The summed E-state index contributed by atoms with van der Waals surface area (Å²) in [6, 6.07) is 20.4. The summed E-state index contributed by atoms with van der Waals surface area (Å²) in [6.45, 7) is 2.31. The second-order valence-corrected chi connectivity index (χ2v) is 9.30. The molecule has 3 aromatic carbocycles. The smallest absolute Gasteiger partial charge is 0.376 e. The molecule has 1 heterocycles. The summed E-state index contributed by atoms with van der Waals surface area (Å²) in [7, 11) is 7.96. The lowest BCUT2D eigenvalue weighted by molar-refractivity contribution is -0.137. The van der Waals surface area contributed by atoms with Crippen molar-refractivity contribution in [3.63, 3.8) is 0 Å². The molecule has 0 aromatic heterocycles. The van der Waals surface area contributed by atoms with Crippen molar-refractivity contribution in [1.82, 2.24) is 4.90 Å². The number of halogens is 3. The van der Waals surface area contributed by atoms with Crippen LogP contribution in [0.3, 0.4) is 0 Å². The molecular weight excluding hydrogens is 448 g/mol. The van der Waals surface area contributed by atoms with Crippen LogP contribution in [0.1, 0.15) is 35.1 Å². The zero-order valence-corrected chi connectivity index (χ0v) is 19.6. The number of rotatable bonds is 6. The predicted octanol–water partition coefficient (Wildman–Crippen LogP) is 5.22. The molecule has 0 unspecified atom stereocenters. The third-order valence-corrected chi connectivity index (χ3v) is 6.78. The number of likely N-dealkylation sites (tertiary alicyclic amines) is 1. The minimum absolute atomic E-state index is 0.0692. The second kappa shape index (κ2) is 10.3. The van der Waals surface area contributed by atoms with E-state index in [9.17, 15) is 13.2 Å². The maximum Gasteiger partial charge on any atom is 0.416 e. The van der Waals surface area contributed by atoms with Crippen molar-refractivity contribution in [2.45, 2.75) is 31.0 Å². The van der Waals surface area contributed by atoms with Crippen LogP contribution in [0.5, 0.6) is 0 Å². The van der Waals surface area contributed by atoms with E-state index in [0.29, 0.717) is 34.3 Å². The van der Waals surface area contributed by atoms with Crippen LogP contribution >= 0.6 is 0 Å². The summed E-state index contributed by atoms with van der Waals surface area (Å²) in [5.74, 6) is 0. The summed E-state index contributed by atoms with van der Waals surface area (Å²) < 4.78 is 47.1. The average molecular weight is 474 g/mol. The van der Waals surface area contributed by atoms with E-state index in [0.717, 1.165) is 43.6 Å². The monoisotopic (exact) mass is 474 g/mol. The van der Waals surface area contributed by atoms with Crippen LogP contribution in [0.2, 0.25) is 0 Å². The zero-order chi connectivity index (χ0) is 25.1. The van der Waals surface area contributed by atoms with Crippen molar-refractivity contribution in [3.8, 4) is 17.2 Å². The van der Waals surface area contributed by atoms with Gasteiger partial charge in [-0.25, -0.2) is 0 Å². The molecule has 0 spiro atoms. The molecule has 1 aliphatic rings. The molecule has 1 aliphatic heterocycles. The zero-order valence-electron chi connectivity index (χ0n) is 19.6. The van der Waals surface area contributed by atoms with Crippen LogP contribution in [0.25, 0.3) is 11.1 Å². The van der Waals surface area contributed by atoms with E-state index < -0.39 is 11.7 Å². The van der Waals surface area contributed by atoms with Crippen LogP contribution in [-0.4, -0.2) is 39.5 Å². The molecule has 0 N–H and O–H groups in total. The summed E-state index contributed by atoms with van der Waals surface area (Å²) >= 11 is 0. The average Bonchev–Trinajstić information content (AvgIpc) is 2.85. The molecule has 3 nitrogen and oxygen atoms in total. The minimum Gasteiger partial charge on any atom is -0.376 e. The maximum atomic E-state index is 13.6. The van der Waals surface area contributed by atoms with Gasteiger partial charge in [0.15, 0.2) is 0 Å². The fraction of sp³-hybridized carbons (Fsp3) is 0.321. The summed E-state index contributed by atoms with van der Waals surface area (Å²) in [5.41, 5.74) is 2.87. The van der Waals surface area contributed by atoms with Crippen molar-refractivity contribution >= 4 is 13.3 Å². The normalized spacial score (nSPS) is 16.1. The topological polar surface area (TPSA) is 36.3 Å². The van der Waals surface area contributed by atoms with E-state index in [2.05, 4.69) is 11.9 Å². The minimum atomic E-state index is -4.48. The summed E-state index contributed by atoms with van der Waals surface area (Å²) in [6.07, 6.45) is -2.69. The Morgan fingerprint density at radius 1 is 0.971 bits per heavy atom. The highest BCUT2D eigenvalue weighted by Gasteiger charge is 2.36.